The lowest BCUT2D eigenvalue weighted by atomic mass is 10.2. The average molecular weight is 341 g/mol. The third-order valence-electron chi connectivity index (χ3n) is 3.64. The van der Waals surface area contributed by atoms with Gasteiger partial charge in [-0.25, -0.2) is 9.37 Å². The van der Waals surface area contributed by atoms with Gasteiger partial charge in [0.25, 0.3) is 5.91 Å². The van der Waals surface area contributed by atoms with Crippen LogP contribution in [-0.2, 0) is 6.54 Å². The predicted molar refractivity (Wildman–Crippen MR) is 89.8 cm³/mol. The molecular weight excluding hydrogens is 329 g/mol. The molecule has 0 aliphatic heterocycles. The molecule has 0 bridgehead atoms. The average Bonchev–Trinajstić information content (AvgIpc) is 3.26. The van der Waals surface area contributed by atoms with Crippen molar-refractivity contribution in [1.29, 1.82) is 0 Å². The number of rotatable bonds is 4. The zero-order valence-corrected chi connectivity index (χ0v) is 13.2. The number of thiazole rings is 1. The van der Waals surface area contributed by atoms with Crippen LogP contribution in [0, 0.1) is 5.82 Å². The van der Waals surface area contributed by atoms with Gasteiger partial charge >= 0.3 is 0 Å². The number of amides is 1. The molecule has 0 radical (unpaired) electrons. The molecule has 5 nitrogen and oxygen atoms in total. The maximum absolute atomic E-state index is 13.4. The Labute approximate surface area is 140 Å². The van der Waals surface area contributed by atoms with Gasteiger partial charge in [-0.3, -0.25) is 10.1 Å². The van der Waals surface area contributed by atoms with Crippen molar-refractivity contribution < 1.29 is 13.6 Å². The molecule has 0 spiro atoms. The fraction of sp³-hybridized carbons (Fsp3) is 0.0588. The molecule has 1 aromatic carbocycles. The molecule has 0 atom stereocenters. The molecule has 4 aromatic rings. The summed E-state index contributed by atoms with van der Waals surface area (Å²) in [4.78, 5) is 16.6. The Morgan fingerprint density at radius 3 is 3.04 bits per heavy atom. The number of aromatic nitrogens is 2. The van der Waals surface area contributed by atoms with Crippen LogP contribution in [-0.4, -0.2) is 15.5 Å². The highest BCUT2D eigenvalue weighted by Gasteiger charge is 2.18. The van der Waals surface area contributed by atoms with Gasteiger partial charge < -0.3 is 8.98 Å². The lowest BCUT2D eigenvalue weighted by Gasteiger charge is -2.10. The molecule has 4 rings (SSSR count). The summed E-state index contributed by atoms with van der Waals surface area (Å²) in [5, 5.41) is 5.07. The second-order valence-electron chi connectivity index (χ2n) is 5.21. The molecule has 0 aliphatic carbocycles. The van der Waals surface area contributed by atoms with E-state index < -0.39 is 0 Å². The molecule has 0 unspecified atom stereocenters. The maximum atomic E-state index is 13.4. The summed E-state index contributed by atoms with van der Waals surface area (Å²) < 4.78 is 20.6. The lowest BCUT2D eigenvalue weighted by molar-refractivity contribution is 0.101. The van der Waals surface area contributed by atoms with Crippen LogP contribution >= 0.6 is 11.3 Å². The molecule has 1 amide bonds. The molecule has 120 valence electrons. The summed E-state index contributed by atoms with van der Waals surface area (Å²) in [6.07, 6.45) is 3.19. The van der Waals surface area contributed by atoms with E-state index in [1.54, 1.807) is 40.6 Å². The number of carbonyl (C=O) groups excluding carboxylic acids is 1. The molecular formula is C17H12FN3O2S. The lowest BCUT2D eigenvalue weighted by Crippen LogP contribution is -2.17. The molecule has 3 aromatic heterocycles. The second kappa shape index (κ2) is 5.93. The minimum Gasteiger partial charge on any atom is -0.463 e. The van der Waals surface area contributed by atoms with Crippen molar-refractivity contribution in [3.63, 3.8) is 0 Å². The van der Waals surface area contributed by atoms with Gasteiger partial charge in [-0.1, -0.05) is 12.1 Å². The molecule has 0 saturated carbocycles. The highest BCUT2D eigenvalue weighted by molar-refractivity contribution is 7.13. The van der Waals surface area contributed by atoms with Crippen molar-refractivity contribution in [3.05, 3.63) is 71.3 Å². The first kappa shape index (κ1) is 14.6. The Kier molecular flexibility index (Phi) is 3.62. The van der Waals surface area contributed by atoms with Gasteiger partial charge in [0.15, 0.2) is 10.7 Å². The number of carbonyl (C=O) groups is 1. The van der Waals surface area contributed by atoms with Gasteiger partial charge in [0.05, 0.1) is 11.8 Å². The topological polar surface area (TPSA) is 60.1 Å². The highest BCUT2D eigenvalue weighted by atomic mass is 32.1. The number of hydrogen-bond donors (Lipinski definition) is 1. The van der Waals surface area contributed by atoms with E-state index in [0.717, 1.165) is 11.1 Å². The number of furan rings is 1. The van der Waals surface area contributed by atoms with Crippen LogP contribution in [0.4, 0.5) is 9.52 Å². The van der Waals surface area contributed by atoms with Gasteiger partial charge in [-0.05, 0) is 17.7 Å². The van der Waals surface area contributed by atoms with Gasteiger partial charge in [0, 0.05) is 30.3 Å². The molecule has 0 fully saturated rings. The van der Waals surface area contributed by atoms with Crippen molar-refractivity contribution in [2.45, 2.75) is 6.54 Å². The predicted octanol–water partition coefficient (Wildman–Crippen LogP) is 4.13. The highest BCUT2D eigenvalue weighted by Crippen LogP contribution is 2.24. The Balaban J connectivity index is 1.72. The normalized spacial score (nSPS) is 11.0. The Bertz CT molecular complexity index is 1000. The Morgan fingerprint density at radius 2 is 2.25 bits per heavy atom. The smallest absolute Gasteiger partial charge is 0.274 e. The van der Waals surface area contributed by atoms with Crippen LogP contribution in [0.1, 0.15) is 16.1 Å². The van der Waals surface area contributed by atoms with E-state index in [1.807, 2.05) is 6.07 Å². The molecule has 24 heavy (non-hydrogen) atoms. The van der Waals surface area contributed by atoms with Crippen LogP contribution in [0.3, 0.4) is 0 Å². The Morgan fingerprint density at radius 1 is 1.33 bits per heavy atom. The van der Waals surface area contributed by atoms with Crippen molar-refractivity contribution in [2.75, 3.05) is 5.32 Å². The second-order valence-corrected chi connectivity index (χ2v) is 6.10. The number of nitrogens with zero attached hydrogens (tertiary/aromatic N) is 2. The van der Waals surface area contributed by atoms with Crippen molar-refractivity contribution in [2.24, 2.45) is 0 Å². The molecule has 3 heterocycles. The van der Waals surface area contributed by atoms with E-state index in [4.69, 9.17) is 4.42 Å². The summed E-state index contributed by atoms with van der Waals surface area (Å²) in [6, 6.07) is 9.77. The first-order valence-electron chi connectivity index (χ1n) is 7.23. The van der Waals surface area contributed by atoms with E-state index in [1.165, 1.54) is 23.5 Å². The number of halogens is 1. The van der Waals surface area contributed by atoms with Gasteiger partial charge in [-0.2, -0.15) is 0 Å². The number of hydrogen-bond acceptors (Lipinski definition) is 4. The molecule has 7 heteroatoms. The standard InChI is InChI=1S/C17H12FN3O2S/c18-12-3-1-2-11(8-12)10-21-13-4-6-23-15(13)9-14(21)16(22)20-17-19-5-7-24-17/h1-9H,10H2,(H,19,20,22). The monoisotopic (exact) mass is 341 g/mol. The first-order chi connectivity index (χ1) is 11.7. The van der Waals surface area contributed by atoms with Gasteiger partial charge in [-0.15, -0.1) is 11.3 Å². The van der Waals surface area contributed by atoms with Crippen LogP contribution in [0.2, 0.25) is 0 Å². The summed E-state index contributed by atoms with van der Waals surface area (Å²) in [6.45, 7) is 0.363. The van der Waals surface area contributed by atoms with E-state index in [2.05, 4.69) is 10.3 Å². The van der Waals surface area contributed by atoms with E-state index in [-0.39, 0.29) is 11.7 Å². The SMILES string of the molecule is O=C(Nc1nccs1)c1cc2occc2n1Cc1cccc(F)c1. The fourth-order valence-corrected chi connectivity index (χ4v) is 3.12. The third kappa shape index (κ3) is 2.69. The summed E-state index contributed by atoms with van der Waals surface area (Å²) in [5.74, 6) is -0.593. The van der Waals surface area contributed by atoms with Crippen LogP contribution < -0.4 is 5.32 Å². The van der Waals surface area contributed by atoms with E-state index >= 15 is 0 Å². The van der Waals surface area contributed by atoms with Crippen molar-refractivity contribution in [3.8, 4) is 0 Å². The summed E-state index contributed by atoms with van der Waals surface area (Å²) in [5.41, 5.74) is 2.58. The zero-order chi connectivity index (χ0) is 16.5. The van der Waals surface area contributed by atoms with Gasteiger partial charge in [0.1, 0.15) is 11.5 Å². The molecule has 0 saturated heterocycles. The Hall–Kier alpha value is -2.93. The summed E-state index contributed by atoms with van der Waals surface area (Å²) >= 11 is 1.34. The minimum atomic E-state index is -0.308. The fourth-order valence-electron chi connectivity index (χ4n) is 2.60. The van der Waals surface area contributed by atoms with Gasteiger partial charge in [0.2, 0.25) is 0 Å². The molecule has 0 aliphatic rings. The summed E-state index contributed by atoms with van der Waals surface area (Å²) in [7, 11) is 0. The first-order valence-corrected chi connectivity index (χ1v) is 8.11. The van der Waals surface area contributed by atoms with E-state index in [9.17, 15) is 9.18 Å². The van der Waals surface area contributed by atoms with Crippen LogP contribution in [0.15, 0.2) is 58.7 Å². The van der Waals surface area contributed by atoms with E-state index in [0.29, 0.717) is 23.0 Å². The number of fused-ring (bicyclic) bond motifs is 1. The quantitative estimate of drug-likeness (QED) is 0.607. The maximum Gasteiger partial charge on any atom is 0.274 e. The van der Waals surface area contributed by atoms with Crippen molar-refractivity contribution >= 4 is 33.5 Å². The van der Waals surface area contributed by atoms with Crippen LogP contribution in [0.25, 0.3) is 11.1 Å². The number of anilines is 1. The molecule has 1 N–H and O–H groups in total. The third-order valence-corrected chi connectivity index (χ3v) is 4.33. The van der Waals surface area contributed by atoms with Crippen LogP contribution in [0.5, 0.6) is 0 Å². The zero-order valence-electron chi connectivity index (χ0n) is 12.4. The van der Waals surface area contributed by atoms with Crippen molar-refractivity contribution in [1.82, 2.24) is 9.55 Å². The minimum absolute atomic E-state index is 0.284. The number of benzene rings is 1. The largest absolute Gasteiger partial charge is 0.463 e. The number of nitrogens with one attached hydrogen (secondary N) is 1.